The molecule has 0 amide bonds. The number of benzene rings is 1. The number of ether oxygens (including phenoxy) is 2. The quantitative estimate of drug-likeness (QED) is 0.452. The number of hydrogen-bond donors (Lipinski definition) is 0. The number of rotatable bonds is 6. The van der Waals surface area contributed by atoms with Crippen molar-refractivity contribution in [3.63, 3.8) is 0 Å². The third kappa shape index (κ3) is 4.15. The van der Waals surface area contributed by atoms with E-state index >= 15 is 0 Å². The fraction of sp³-hybridized carbons (Fsp3) is 0.320. The molecule has 5 rings (SSSR count). The molecule has 4 heterocycles. The summed E-state index contributed by atoms with van der Waals surface area (Å²) in [5.74, 6) is 1.52. The second-order valence-corrected chi connectivity index (χ2v) is 8.33. The first-order valence-electron chi connectivity index (χ1n) is 11.1. The van der Waals surface area contributed by atoms with Gasteiger partial charge in [-0.25, -0.2) is 9.50 Å². The van der Waals surface area contributed by atoms with Gasteiger partial charge in [-0.05, 0) is 25.2 Å². The van der Waals surface area contributed by atoms with Crippen molar-refractivity contribution < 1.29 is 9.47 Å². The van der Waals surface area contributed by atoms with Gasteiger partial charge in [-0.15, -0.1) is 5.10 Å². The fourth-order valence-electron chi connectivity index (χ4n) is 4.53. The van der Waals surface area contributed by atoms with E-state index in [0.29, 0.717) is 5.88 Å². The molecule has 0 N–H and O–H groups in total. The first-order valence-corrected chi connectivity index (χ1v) is 11.1. The van der Waals surface area contributed by atoms with Crippen LogP contribution in [0, 0.1) is 0 Å². The number of hydrogen-bond acceptors (Lipinski definition) is 7. The van der Waals surface area contributed by atoms with E-state index in [1.165, 1.54) is 0 Å². The number of likely N-dealkylation sites (N-methyl/N-ethyl adjacent to an activating group) is 1. The van der Waals surface area contributed by atoms with Gasteiger partial charge in [-0.2, -0.15) is 0 Å². The third-order valence-corrected chi connectivity index (χ3v) is 6.34. The highest BCUT2D eigenvalue weighted by atomic mass is 16.5. The summed E-state index contributed by atoms with van der Waals surface area (Å²) < 4.78 is 12.8. The van der Waals surface area contributed by atoms with E-state index in [4.69, 9.17) is 9.47 Å². The van der Waals surface area contributed by atoms with Gasteiger partial charge in [-0.1, -0.05) is 35.5 Å². The van der Waals surface area contributed by atoms with Crippen LogP contribution < -0.4 is 9.47 Å². The van der Waals surface area contributed by atoms with Gasteiger partial charge in [0.25, 0.3) is 0 Å². The average molecular weight is 445 g/mol. The van der Waals surface area contributed by atoms with E-state index in [2.05, 4.69) is 56.4 Å². The van der Waals surface area contributed by atoms with Gasteiger partial charge in [-0.3, -0.25) is 9.80 Å². The van der Waals surface area contributed by atoms with Crippen molar-refractivity contribution in [2.45, 2.75) is 12.6 Å². The molecule has 0 saturated carbocycles. The Labute approximate surface area is 193 Å². The minimum Gasteiger partial charge on any atom is -0.496 e. The van der Waals surface area contributed by atoms with Crippen molar-refractivity contribution in [2.75, 3.05) is 40.9 Å². The van der Waals surface area contributed by atoms with E-state index in [-0.39, 0.29) is 6.04 Å². The Bertz CT molecular complexity index is 1260. The summed E-state index contributed by atoms with van der Waals surface area (Å²) in [6.45, 7) is 3.57. The predicted molar refractivity (Wildman–Crippen MR) is 126 cm³/mol. The SMILES string of the molecule is COc1ccccc1-c1ccc2c(C3CN(Cc4cccnc4OC)CCN3C)nnn2c1. The molecule has 1 atom stereocenters. The maximum Gasteiger partial charge on any atom is 0.217 e. The molecule has 1 saturated heterocycles. The smallest absolute Gasteiger partial charge is 0.217 e. The number of methoxy groups -OCH3 is 2. The normalized spacial score (nSPS) is 17.4. The number of pyridine rings is 2. The highest BCUT2D eigenvalue weighted by molar-refractivity contribution is 5.71. The van der Waals surface area contributed by atoms with Crippen LogP contribution in [-0.4, -0.2) is 70.5 Å². The highest BCUT2D eigenvalue weighted by Gasteiger charge is 2.30. The Kier molecular flexibility index (Phi) is 5.93. The Hall–Kier alpha value is -3.49. The molecule has 8 nitrogen and oxygen atoms in total. The van der Waals surface area contributed by atoms with Crippen LogP contribution in [0.5, 0.6) is 11.6 Å². The summed E-state index contributed by atoms with van der Waals surface area (Å²) >= 11 is 0. The summed E-state index contributed by atoms with van der Waals surface area (Å²) in [6.07, 6.45) is 3.78. The molecule has 1 aromatic carbocycles. The topological polar surface area (TPSA) is 68.0 Å². The molecule has 0 spiro atoms. The van der Waals surface area contributed by atoms with Gasteiger partial charge in [0.2, 0.25) is 5.88 Å². The lowest BCUT2D eigenvalue weighted by atomic mass is 10.0. The van der Waals surface area contributed by atoms with Crippen molar-refractivity contribution >= 4 is 5.52 Å². The molecule has 4 aromatic rings. The first kappa shape index (κ1) is 21.4. The maximum absolute atomic E-state index is 5.53. The molecular formula is C25H28N6O2. The van der Waals surface area contributed by atoms with Gasteiger partial charge in [0.15, 0.2) is 0 Å². The van der Waals surface area contributed by atoms with E-state index in [1.807, 2.05) is 35.0 Å². The van der Waals surface area contributed by atoms with Gasteiger partial charge in [0.05, 0.1) is 25.8 Å². The maximum atomic E-state index is 5.53. The van der Waals surface area contributed by atoms with Crippen molar-refractivity contribution in [3.8, 4) is 22.8 Å². The minimum atomic E-state index is 0.149. The molecule has 0 bridgehead atoms. The number of para-hydroxylation sites is 1. The molecule has 1 unspecified atom stereocenters. The minimum absolute atomic E-state index is 0.149. The zero-order chi connectivity index (χ0) is 22.8. The molecular weight excluding hydrogens is 416 g/mol. The van der Waals surface area contributed by atoms with Crippen LogP contribution >= 0.6 is 0 Å². The Morgan fingerprint density at radius 3 is 2.73 bits per heavy atom. The number of fused-ring (bicyclic) bond motifs is 1. The second-order valence-electron chi connectivity index (χ2n) is 8.33. The van der Waals surface area contributed by atoms with Crippen molar-refractivity contribution in [2.24, 2.45) is 0 Å². The van der Waals surface area contributed by atoms with Crippen molar-refractivity contribution in [1.82, 2.24) is 29.6 Å². The molecule has 170 valence electrons. The van der Waals surface area contributed by atoms with Gasteiger partial charge in [0, 0.05) is 55.3 Å². The van der Waals surface area contributed by atoms with Crippen molar-refractivity contribution in [3.05, 3.63) is 72.2 Å². The van der Waals surface area contributed by atoms with Crippen LogP contribution in [0.2, 0.25) is 0 Å². The lowest BCUT2D eigenvalue weighted by molar-refractivity contribution is 0.0882. The van der Waals surface area contributed by atoms with Crippen LogP contribution in [0.15, 0.2) is 60.9 Å². The van der Waals surface area contributed by atoms with Gasteiger partial charge < -0.3 is 9.47 Å². The van der Waals surface area contributed by atoms with E-state index in [0.717, 1.165) is 59.8 Å². The van der Waals surface area contributed by atoms with Crippen molar-refractivity contribution in [1.29, 1.82) is 0 Å². The van der Waals surface area contributed by atoms with Gasteiger partial charge >= 0.3 is 0 Å². The number of nitrogens with zero attached hydrogens (tertiary/aromatic N) is 6. The van der Waals surface area contributed by atoms with Gasteiger partial charge in [0.1, 0.15) is 11.4 Å². The molecule has 33 heavy (non-hydrogen) atoms. The summed E-state index contributed by atoms with van der Waals surface area (Å²) in [5, 5.41) is 9.06. The fourth-order valence-corrected chi connectivity index (χ4v) is 4.53. The van der Waals surface area contributed by atoms with Crippen LogP contribution in [-0.2, 0) is 6.54 Å². The standard InChI is InChI=1S/C25H28N6O2/c1-29-13-14-30(15-19-7-6-12-26-25(19)33-3)17-22(29)24-21-11-10-18(16-31(21)28-27-24)20-8-4-5-9-23(20)32-2/h4-12,16,22H,13-15,17H2,1-3H3. The molecule has 0 radical (unpaired) electrons. The lowest BCUT2D eigenvalue weighted by Gasteiger charge is -2.38. The molecule has 3 aromatic heterocycles. The lowest BCUT2D eigenvalue weighted by Crippen LogP contribution is -2.46. The summed E-state index contributed by atoms with van der Waals surface area (Å²) in [4.78, 5) is 9.12. The molecule has 1 aliphatic heterocycles. The van der Waals surface area contributed by atoms with Crippen LogP contribution in [0.3, 0.4) is 0 Å². The average Bonchev–Trinajstić information content (AvgIpc) is 3.28. The van der Waals surface area contributed by atoms with Crippen LogP contribution in [0.25, 0.3) is 16.6 Å². The Morgan fingerprint density at radius 1 is 1.00 bits per heavy atom. The number of piperazine rings is 1. The molecule has 1 aliphatic rings. The zero-order valence-electron chi connectivity index (χ0n) is 19.2. The molecule has 0 aliphatic carbocycles. The second kappa shape index (κ2) is 9.17. The van der Waals surface area contributed by atoms with E-state index in [9.17, 15) is 0 Å². The van der Waals surface area contributed by atoms with Crippen LogP contribution in [0.1, 0.15) is 17.3 Å². The Morgan fingerprint density at radius 2 is 1.88 bits per heavy atom. The zero-order valence-corrected chi connectivity index (χ0v) is 19.2. The summed E-state index contributed by atoms with van der Waals surface area (Å²) in [7, 11) is 5.51. The highest BCUT2D eigenvalue weighted by Crippen LogP contribution is 2.32. The number of aromatic nitrogens is 4. The molecule has 1 fully saturated rings. The van der Waals surface area contributed by atoms with Crippen LogP contribution in [0.4, 0.5) is 0 Å². The largest absolute Gasteiger partial charge is 0.496 e. The first-order chi connectivity index (χ1) is 16.2. The summed E-state index contributed by atoms with van der Waals surface area (Å²) in [5.41, 5.74) is 5.18. The third-order valence-electron chi connectivity index (χ3n) is 6.34. The monoisotopic (exact) mass is 444 g/mol. The molecule has 8 heteroatoms. The van der Waals surface area contributed by atoms with E-state index in [1.54, 1.807) is 20.4 Å². The van der Waals surface area contributed by atoms with E-state index < -0.39 is 0 Å². The Balaban J connectivity index is 1.42. The summed E-state index contributed by atoms with van der Waals surface area (Å²) in [6, 6.07) is 16.4. The predicted octanol–water partition coefficient (Wildman–Crippen LogP) is 3.30.